The molecule has 0 spiro atoms. The molecule has 3 aliphatic rings. The summed E-state index contributed by atoms with van der Waals surface area (Å²) in [4.78, 5) is 44.0. The number of allylic oxidation sites excluding steroid dienone is 3. The van der Waals surface area contributed by atoms with E-state index >= 15 is 0 Å². The first-order chi connectivity index (χ1) is 16.5. The molecule has 34 heavy (non-hydrogen) atoms. The molecule has 0 radical (unpaired) electrons. The van der Waals surface area contributed by atoms with Crippen molar-refractivity contribution in [3.05, 3.63) is 89.5 Å². The van der Waals surface area contributed by atoms with Gasteiger partial charge in [0, 0.05) is 30.9 Å². The Morgan fingerprint density at radius 2 is 1.91 bits per heavy atom. The average Bonchev–Trinajstić information content (AvgIpc) is 3.17. The summed E-state index contributed by atoms with van der Waals surface area (Å²) in [6.07, 6.45) is 10.9. The van der Waals surface area contributed by atoms with E-state index in [4.69, 9.17) is 9.47 Å². The molecule has 0 saturated carbocycles. The van der Waals surface area contributed by atoms with Crippen LogP contribution in [0.5, 0.6) is 11.5 Å². The maximum absolute atomic E-state index is 13.1. The molecule has 1 unspecified atom stereocenters. The number of fused-ring (bicyclic) bond motifs is 1. The third-order valence-electron chi connectivity index (χ3n) is 6.02. The fraction of sp³-hybridized carbons (Fsp3) is 0.200. The molecule has 2 N–H and O–H groups in total. The number of aromatic nitrogens is 1. The highest BCUT2D eigenvalue weighted by Gasteiger charge is 2.51. The Bertz CT molecular complexity index is 1270. The third-order valence-corrected chi connectivity index (χ3v) is 6.02. The zero-order valence-corrected chi connectivity index (χ0v) is 18.4. The molecule has 5 rings (SSSR count). The molecular weight excluding hydrogens is 436 g/mol. The van der Waals surface area contributed by atoms with Crippen molar-refractivity contribution in [2.75, 3.05) is 13.7 Å². The Morgan fingerprint density at radius 1 is 1.09 bits per heavy atom. The fourth-order valence-electron chi connectivity index (χ4n) is 4.31. The lowest BCUT2D eigenvalue weighted by Crippen LogP contribution is -2.56. The number of nitrogens with one attached hydrogen (secondary N) is 2. The zero-order chi connectivity index (χ0) is 23.7. The topological polar surface area (TPSA) is 110 Å². The minimum atomic E-state index is -1.43. The van der Waals surface area contributed by atoms with Gasteiger partial charge in [0.05, 0.1) is 13.7 Å². The molecule has 1 aromatic carbocycles. The second kappa shape index (κ2) is 8.51. The number of nitrogens with zero attached hydrogens (tertiary/aromatic N) is 2. The predicted octanol–water partition coefficient (Wildman–Crippen LogP) is 2.47. The van der Waals surface area contributed by atoms with Crippen molar-refractivity contribution >= 4 is 17.8 Å². The highest BCUT2D eigenvalue weighted by Crippen LogP contribution is 2.32. The van der Waals surface area contributed by atoms with Crippen LogP contribution in [-0.2, 0) is 11.3 Å². The third kappa shape index (κ3) is 3.81. The number of pyridine rings is 1. The van der Waals surface area contributed by atoms with Crippen LogP contribution in [-0.4, -0.2) is 46.9 Å². The SMILES string of the molecule is COc1ccc2c(c1)C(=O)N(CC1(C3=CC=C(Oc4ccncc4)CC=C3)NC(=O)NC1=O)C2. The van der Waals surface area contributed by atoms with Gasteiger partial charge in [0.15, 0.2) is 5.54 Å². The van der Waals surface area contributed by atoms with Gasteiger partial charge >= 0.3 is 6.03 Å². The van der Waals surface area contributed by atoms with Crippen LogP contribution in [0, 0.1) is 0 Å². The molecule has 0 bridgehead atoms. The number of carbonyl (C=O) groups is 3. The number of amides is 4. The quantitative estimate of drug-likeness (QED) is 0.644. The average molecular weight is 458 g/mol. The first-order valence-corrected chi connectivity index (χ1v) is 10.7. The van der Waals surface area contributed by atoms with Crippen LogP contribution in [0.15, 0.2) is 78.4 Å². The van der Waals surface area contributed by atoms with Gasteiger partial charge in [-0.2, -0.15) is 0 Å². The van der Waals surface area contributed by atoms with Crippen LogP contribution in [0.25, 0.3) is 0 Å². The second-order valence-corrected chi connectivity index (χ2v) is 8.14. The molecule has 3 heterocycles. The van der Waals surface area contributed by atoms with E-state index in [0.29, 0.717) is 41.4 Å². The van der Waals surface area contributed by atoms with Crippen LogP contribution < -0.4 is 20.1 Å². The van der Waals surface area contributed by atoms with E-state index < -0.39 is 17.5 Å². The largest absolute Gasteiger partial charge is 0.497 e. The molecule has 172 valence electrons. The van der Waals surface area contributed by atoms with E-state index in [1.165, 1.54) is 7.11 Å². The summed E-state index contributed by atoms with van der Waals surface area (Å²) < 4.78 is 11.1. The van der Waals surface area contributed by atoms with Gasteiger partial charge in [-0.15, -0.1) is 0 Å². The number of methoxy groups -OCH3 is 1. The van der Waals surface area contributed by atoms with Crippen molar-refractivity contribution in [3.8, 4) is 11.5 Å². The molecule has 2 aliphatic heterocycles. The standard InChI is InChI=1S/C25H22N4O5/c1-33-20-7-5-16-14-29(22(30)21(16)13-20)15-25(23(31)27-24(32)28-25)17-3-2-4-18(8-6-17)34-19-9-11-26-12-10-19/h2-3,5-13H,4,14-15H2,1H3,(H2,27,28,31,32). The maximum Gasteiger partial charge on any atom is 0.322 e. The van der Waals surface area contributed by atoms with Crippen LogP contribution in [0.4, 0.5) is 4.79 Å². The fourth-order valence-corrected chi connectivity index (χ4v) is 4.31. The summed E-state index contributed by atoms with van der Waals surface area (Å²) in [5, 5.41) is 5.08. The molecule has 2 aromatic rings. The molecular formula is C25H22N4O5. The van der Waals surface area contributed by atoms with Crippen LogP contribution in [0.2, 0.25) is 0 Å². The van der Waals surface area contributed by atoms with Crippen LogP contribution >= 0.6 is 0 Å². The number of ether oxygens (including phenoxy) is 2. The van der Waals surface area contributed by atoms with Crippen molar-refractivity contribution in [1.29, 1.82) is 0 Å². The Morgan fingerprint density at radius 3 is 2.65 bits per heavy atom. The first-order valence-electron chi connectivity index (χ1n) is 10.7. The minimum Gasteiger partial charge on any atom is -0.497 e. The Labute approximate surface area is 195 Å². The van der Waals surface area contributed by atoms with E-state index in [0.717, 1.165) is 5.56 Å². The number of imide groups is 1. The molecule has 1 fully saturated rings. The highest BCUT2D eigenvalue weighted by molar-refractivity contribution is 6.10. The zero-order valence-electron chi connectivity index (χ0n) is 18.4. The lowest BCUT2D eigenvalue weighted by Gasteiger charge is -2.32. The van der Waals surface area contributed by atoms with Crippen molar-refractivity contribution < 1.29 is 23.9 Å². The smallest absolute Gasteiger partial charge is 0.322 e. The molecule has 1 aromatic heterocycles. The summed E-state index contributed by atoms with van der Waals surface area (Å²) in [5.41, 5.74) is 0.477. The van der Waals surface area contributed by atoms with E-state index in [2.05, 4.69) is 15.6 Å². The minimum absolute atomic E-state index is 0.0229. The van der Waals surface area contributed by atoms with E-state index in [9.17, 15) is 14.4 Å². The van der Waals surface area contributed by atoms with Gasteiger partial charge < -0.3 is 19.7 Å². The summed E-state index contributed by atoms with van der Waals surface area (Å²) in [5.74, 6) is 1.15. The predicted molar refractivity (Wildman–Crippen MR) is 122 cm³/mol. The Kier molecular flexibility index (Phi) is 5.37. The van der Waals surface area contributed by atoms with Gasteiger partial charge in [0.25, 0.3) is 11.8 Å². The molecule has 1 atom stereocenters. The lowest BCUT2D eigenvalue weighted by molar-refractivity contribution is -0.123. The monoisotopic (exact) mass is 458 g/mol. The molecule has 4 amide bonds. The van der Waals surface area contributed by atoms with Crippen molar-refractivity contribution in [3.63, 3.8) is 0 Å². The van der Waals surface area contributed by atoms with E-state index in [-0.39, 0.29) is 12.5 Å². The van der Waals surface area contributed by atoms with Gasteiger partial charge in [0.1, 0.15) is 17.3 Å². The molecule has 1 saturated heterocycles. The molecule has 1 aliphatic carbocycles. The lowest BCUT2D eigenvalue weighted by atomic mass is 9.88. The first kappa shape index (κ1) is 21.4. The number of rotatable bonds is 6. The summed E-state index contributed by atoms with van der Waals surface area (Å²) in [7, 11) is 1.54. The Balaban J connectivity index is 1.45. The van der Waals surface area contributed by atoms with Crippen molar-refractivity contribution in [2.45, 2.75) is 18.5 Å². The van der Waals surface area contributed by atoms with E-state index in [1.54, 1.807) is 59.8 Å². The summed E-state index contributed by atoms with van der Waals surface area (Å²) >= 11 is 0. The number of hydrogen-bond acceptors (Lipinski definition) is 6. The van der Waals surface area contributed by atoms with Gasteiger partial charge in [-0.3, -0.25) is 19.9 Å². The number of benzene rings is 1. The second-order valence-electron chi connectivity index (χ2n) is 8.14. The number of carbonyl (C=O) groups excluding carboxylic acids is 3. The van der Waals surface area contributed by atoms with Crippen LogP contribution in [0.3, 0.4) is 0 Å². The summed E-state index contributed by atoms with van der Waals surface area (Å²) in [6, 6.07) is 8.21. The Hall–Kier alpha value is -4.40. The van der Waals surface area contributed by atoms with Gasteiger partial charge in [0.2, 0.25) is 0 Å². The highest BCUT2D eigenvalue weighted by atomic mass is 16.5. The van der Waals surface area contributed by atoms with E-state index in [1.807, 2.05) is 12.1 Å². The van der Waals surface area contributed by atoms with Gasteiger partial charge in [-0.05, 0) is 41.5 Å². The maximum atomic E-state index is 13.1. The van der Waals surface area contributed by atoms with Crippen LogP contribution in [0.1, 0.15) is 22.3 Å². The van der Waals surface area contributed by atoms with Gasteiger partial charge in [-0.25, -0.2) is 4.79 Å². The van der Waals surface area contributed by atoms with Crippen molar-refractivity contribution in [2.24, 2.45) is 0 Å². The van der Waals surface area contributed by atoms with Gasteiger partial charge in [-0.1, -0.05) is 24.3 Å². The normalized spacial score (nSPS) is 21.3. The molecule has 9 heteroatoms. The number of hydrogen-bond donors (Lipinski definition) is 2. The number of urea groups is 1. The van der Waals surface area contributed by atoms with Crippen molar-refractivity contribution in [1.82, 2.24) is 20.5 Å². The molecule has 9 nitrogen and oxygen atoms in total. The summed E-state index contributed by atoms with van der Waals surface area (Å²) in [6.45, 7) is 0.303.